The summed E-state index contributed by atoms with van der Waals surface area (Å²) in [6.07, 6.45) is 6.70. The first kappa shape index (κ1) is 18.2. The fraction of sp³-hybridized carbons (Fsp3) is 0.333. The van der Waals surface area contributed by atoms with Gasteiger partial charge in [0, 0.05) is 57.6 Å². The maximum absolute atomic E-state index is 12.0. The number of aromatic nitrogens is 3. The Hall–Kier alpha value is -2.16. The lowest BCUT2D eigenvalue weighted by Gasteiger charge is -2.35. The van der Waals surface area contributed by atoms with E-state index in [-0.39, 0.29) is 4.90 Å². The highest BCUT2D eigenvalue weighted by atomic mass is 35.5. The molecule has 3 aromatic rings. The van der Waals surface area contributed by atoms with Crippen molar-refractivity contribution in [2.24, 2.45) is 0 Å². The number of hydrogen-bond donors (Lipinski definition) is 0. The van der Waals surface area contributed by atoms with E-state index >= 15 is 0 Å². The number of imidazole rings is 1. The molecule has 1 fully saturated rings. The number of piperazine rings is 1. The van der Waals surface area contributed by atoms with Gasteiger partial charge in [0.2, 0.25) is 0 Å². The van der Waals surface area contributed by atoms with E-state index in [0.29, 0.717) is 10.8 Å². The van der Waals surface area contributed by atoms with Gasteiger partial charge in [-0.15, -0.1) is 0 Å². The zero-order valence-corrected chi connectivity index (χ0v) is 16.5. The van der Waals surface area contributed by atoms with Crippen molar-refractivity contribution >= 4 is 32.9 Å². The zero-order chi connectivity index (χ0) is 19.0. The molecule has 0 unspecified atom stereocenters. The van der Waals surface area contributed by atoms with Crippen LogP contribution in [0.15, 0.2) is 47.8 Å². The molecule has 0 bridgehead atoms. The van der Waals surface area contributed by atoms with E-state index in [1.54, 1.807) is 18.3 Å². The lowest BCUT2D eigenvalue weighted by molar-refractivity contribution is 0.246. The molecule has 1 saturated heterocycles. The Morgan fingerprint density at radius 3 is 2.63 bits per heavy atom. The van der Waals surface area contributed by atoms with Crippen LogP contribution >= 0.6 is 11.6 Å². The molecule has 0 radical (unpaired) electrons. The average molecular weight is 406 g/mol. The summed E-state index contributed by atoms with van der Waals surface area (Å²) >= 11 is 6.03. The van der Waals surface area contributed by atoms with Crippen molar-refractivity contribution < 1.29 is 8.42 Å². The van der Waals surface area contributed by atoms with Gasteiger partial charge in [-0.3, -0.25) is 4.90 Å². The molecule has 4 rings (SSSR count). The molecule has 142 valence electrons. The monoisotopic (exact) mass is 405 g/mol. The van der Waals surface area contributed by atoms with Crippen LogP contribution in [-0.2, 0) is 16.4 Å². The molecule has 4 heterocycles. The Morgan fingerprint density at radius 1 is 1.11 bits per heavy atom. The van der Waals surface area contributed by atoms with Gasteiger partial charge in [0.15, 0.2) is 9.84 Å². The third-order valence-electron chi connectivity index (χ3n) is 4.67. The SMILES string of the molecule is CS(=O)(=O)c1cccnc1N1CCN(Cc2cn3cc(Cl)ccc3n2)CC1. The molecule has 9 heteroatoms. The van der Waals surface area contributed by atoms with E-state index in [9.17, 15) is 8.42 Å². The summed E-state index contributed by atoms with van der Waals surface area (Å²) in [7, 11) is -3.30. The molecule has 0 atom stereocenters. The molecule has 1 aliphatic rings. The number of rotatable bonds is 4. The second-order valence-corrected chi connectivity index (χ2v) is 9.13. The van der Waals surface area contributed by atoms with Crippen LogP contribution in [0.3, 0.4) is 0 Å². The smallest absolute Gasteiger partial charge is 0.179 e. The third-order valence-corrected chi connectivity index (χ3v) is 6.01. The predicted octanol–water partition coefficient (Wildman–Crippen LogP) is 2.11. The van der Waals surface area contributed by atoms with Gasteiger partial charge < -0.3 is 9.30 Å². The summed E-state index contributed by atoms with van der Waals surface area (Å²) < 4.78 is 26.0. The molecule has 0 aromatic carbocycles. The van der Waals surface area contributed by atoms with Crippen molar-refractivity contribution in [3.63, 3.8) is 0 Å². The van der Waals surface area contributed by atoms with Crippen LogP contribution in [0.1, 0.15) is 5.69 Å². The van der Waals surface area contributed by atoms with Crippen molar-refractivity contribution in [2.45, 2.75) is 11.4 Å². The van der Waals surface area contributed by atoms with E-state index in [1.165, 1.54) is 6.26 Å². The molecular weight excluding hydrogens is 386 g/mol. The summed E-state index contributed by atoms with van der Waals surface area (Å²) in [4.78, 5) is 13.6. The lowest BCUT2D eigenvalue weighted by atomic mass is 10.3. The van der Waals surface area contributed by atoms with E-state index < -0.39 is 9.84 Å². The Labute approximate surface area is 163 Å². The van der Waals surface area contributed by atoms with Gasteiger partial charge >= 0.3 is 0 Å². The Bertz CT molecular complexity index is 1070. The summed E-state index contributed by atoms with van der Waals surface area (Å²) in [6.45, 7) is 3.81. The minimum absolute atomic E-state index is 0.288. The van der Waals surface area contributed by atoms with E-state index in [0.717, 1.165) is 44.1 Å². The number of halogens is 1. The minimum atomic E-state index is -3.30. The fourth-order valence-electron chi connectivity index (χ4n) is 3.35. The Balaban J connectivity index is 1.45. The number of fused-ring (bicyclic) bond motifs is 1. The molecule has 7 nitrogen and oxygen atoms in total. The van der Waals surface area contributed by atoms with E-state index in [2.05, 4.69) is 14.9 Å². The molecule has 0 saturated carbocycles. The van der Waals surface area contributed by atoms with Crippen LogP contribution in [0.5, 0.6) is 0 Å². The van der Waals surface area contributed by atoms with Gasteiger partial charge in [0.25, 0.3) is 0 Å². The average Bonchev–Trinajstić information content (AvgIpc) is 3.03. The fourth-order valence-corrected chi connectivity index (χ4v) is 4.36. The second-order valence-electron chi connectivity index (χ2n) is 6.71. The topological polar surface area (TPSA) is 70.8 Å². The molecule has 0 aliphatic carbocycles. The van der Waals surface area contributed by atoms with Gasteiger partial charge in [-0.2, -0.15) is 0 Å². The van der Waals surface area contributed by atoms with Crippen LogP contribution in [0.4, 0.5) is 5.82 Å². The van der Waals surface area contributed by atoms with Crippen LogP contribution in [-0.4, -0.2) is 60.1 Å². The standard InChI is InChI=1S/C18H20ClN5O2S/c1-27(25,26)16-3-2-6-20-18(16)23-9-7-22(8-10-23)12-15-13-24-11-14(19)4-5-17(24)21-15/h2-6,11,13H,7-10,12H2,1H3. The van der Waals surface area contributed by atoms with Crippen molar-refractivity contribution in [1.29, 1.82) is 0 Å². The highest BCUT2D eigenvalue weighted by molar-refractivity contribution is 7.90. The quantitative estimate of drug-likeness (QED) is 0.662. The van der Waals surface area contributed by atoms with E-state index in [4.69, 9.17) is 11.6 Å². The maximum Gasteiger partial charge on any atom is 0.179 e. The van der Waals surface area contributed by atoms with Crippen molar-refractivity contribution in [2.75, 3.05) is 37.3 Å². The largest absolute Gasteiger partial charge is 0.353 e. The summed E-state index contributed by atoms with van der Waals surface area (Å²) in [5.74, 6) is 0.544. The first-order valence-electron chi connectivity index (χ1n) is 8.66. The molecule has 3 aromatic heterocycles. The third kappa shape index (κ3) is 3.92. The maximum atomic E-state index is 12.0. The number of pyridine rings is 2. The summed E-state index contributed by atoms with van der Waals surface area (Å²) in [6, 6.07) is 7.01. The molecule has 1 aliphatic heterocycles. The predicted molar refractivity (Wildman–Crippen MR) is 105 cm³/mol. The van der Waals surface area contributed by atoms with Crippen molar-refractivity contribution in [3.8, 4) is 0 Å². The number of hydrogen-bond acceptors (Lipinski definition) is 6. The second kappa shape index (κ2) is 7.10. The summed E-state index contributed by atoms with van der Waals surface area (Å²) in [5.41, 5.74) is 1.86. The van der Waals surface area contributed by atoms with Gasteiger partial charge in [0.05, 0.1) is 10.7 Å². The zero-order valence-electron chi connectivity index (χ0n) is 14.9. The van der Waals surface area contributed by atoms with E-state index in [1.807, 2.05) is 33.8 Å². The van der Waals surface area contributed by atoms with Crippen LogP contribution in [0, 0.1) is 0 Å². The first-order chi connectivity index (χ1) is 12.9. The van der Waals surface area contributed by atoms with Crippen molar-refractivity contribution in [1.82, 2.24) is 19.3 Å². The highest BCUT2D eigenvalue weighted by Crippen LogP contribution is 2.23. The van der Waals surface area contributed by atoms with Gasteiger partial charge in [-0.05, 0) is 24.3 Å². The van der Waals surface area contributed by atoms with Gasteiger partial charge in [-0.25, -0.2) is 18.4 Å². The lowest BCUT2D eigenvalue weighted by Crippen LogP contribution is -2.46. The minimum Gasteiger partial charge on any atom is -0.353 e. The normalized spacial score (nSPS) is 16.1. The van der Waals surface area contributed by atoms with Crippen LogP contribution < -0.4 is 4.90 Å². The number of sulfone groups is 1. The highest BCUT2D eigenvalue weighted by Gasteiger charge is 2.23. The van der Waals surface area contributed by atoms with Gasteiger partial charge in [0.1, 0.15) is 16.4 Å². The van der Waals surface area contributed by atoms with Crippen molar-refractivity contribution in [3.05, 3.63) is 53.6 Å². The van der Waals surface area contributed by atoms with Crippen LogP contribution in [0.25, 0.3) is 5.65 Å². The Morgan fingerprint density at radius 2 is 1.89 bits per heavy atom. The molecule has 0 spiro atoms. The summed E-state index contributed by atoms with van der Waals surface area (Å²) in [5, 5.41) is 0.678. The number of anilines is 1. The van der Waals surface area contributed by atoms with Crippen LogP contribution in [0.2, 0.25) is 5.02 Å². The Kier molecular flexibility index (Phi) is 4.79. The first-order valence-corrected chi connectivity index (χ1v) is 10.9. The van der Waals surface area contributed by atoms with Gasteiger partial charge in [-0.1, -0.05) is 11.6 Å². The molecular formula is C18H20ClN5O2S. The number of nitrogens with zero attached hydrogens (tertiary/aromatic N) is 5. The molecule has 27 heavy (non-hydrogen) atoms. The molecule has 0 N–H and O–H groups in total. The molecule has 0 amide bonds.